The van der Waals surface area contributed by atoms with Crippen LogP contribution in [0.3, 0.4) is 0 Å². The molecule has 0 aromatic rings. The van der Waals surface area contributed by atoms with Crippen molar-refractivity contribution in [2.45, 2.75) is 58.6 Å². The fraction of sp³-hybridized carbons (Fsp3) is 0.895. The molecule has 25 heavy (non-hydrogen) atoms. The third-order valence-corrected chi connectivity index (χ3v) is 6.46. The maximum Gasteiger partial charge on any atom is 0.310 e. The molecule has 3 aliphatic rings. The molecule has 1 aliphatic heterocycles. The van der Waals surface area contributed by atoms with E-state index in [1.807, 2.05) is 0 Å². The lowest BCUT2D eigenvalue weighted by atomic mass is 9.51. The van der Waals surface area contributed by atoms with Gasteiger partial charge in [0.25, 0.3) is 0 Å². The Balaban J connectivity index is 1.65. The van der Waals surface area contributed by atoms with E-state index < -0.39 is 0 Å². The number of esters is 1. The molecular formula is C19H33N3O3. The first-order valence-electron chi connectivity index (χ1n) is 9.81. The standard InChI is InChI=1S/C19H33N3O3/c1-5-20-18(22-11-13(3)14(12-22)17(23)24-4)21-15-10-16(25-6-2)19(15)8-7-9-19/h13-16H,5-12H2,1-4H3,(H,20,21). The van der Waals surface area contributed by atoms with Crippen molar-refractivity contribution in [2.24, 2.45) is 22.2 Å². The molecule has 142 valence electrons. The first-order valence-corrected chi connectivity index (χ1v) is 9.81. The quantitative estimate of drug-likeness (QED) is 0.467. The summed E-state index contributed by atoms with van der Waals surface area (Å²) in [6.07, 6.45) is 5.24. The number of hydrogen-bond donors (Lipinski definition) is 1. The van der Waals surface area contributed by atoms with Crippen molar-refractivity contribution >= 4 is 11.9 Å². The smallest absolute Gasteiger partial charge is 0.310 e. The highest BCUT2D eigenvalue weighted by atomic mass is 16.5. The minimum atomic E-state index is -0.110. The zero-order chi connectivity index (χ0) is 18.0. The normalized spacial score (nSPS) is 33.8. The largest absolute Gasteiger partial charge is 0.469 e. The van der Waals surface area contributed by atoms with Gasteiger partial charge in [0.2, 0.25) is 0 Å². The summed E-state index contributed by atoms with van der Waals surface area (Å²) >= 11 is 0. The number of nitrogens with one attached hydrogen (secondary N) is 1. The average molecular weight is 351 g/mol. The van der Waals surface area contributed by atoms with Gasteiger partial charge in [-0.1, -0.05) is 13.3 Å². The van der Waals surface area contributed by atoms with Crippen LogP contribution in [0.1, 0.15) is 46.5 Å². The molecule has 6 nitrogen and oxygen atoms in total. The topological polar surface area (TPSA) is 63.2 Å². The van der Waals surface area contributed by atoms with Gasteiger partial charge in [0.05, 0.1) is 19.1 Å². The van der Waals surface area contributed by atoms with E-state index in [1.165, 1.54) is 26.4 Å². The molecule has 3 fully saturated rings. The van der Waals surface area contributed by atoms with Crippen LogP contribution >= 0.6 is 0 Å². The lowest BCUT2D eigenvalue weighted by Crippen LogP contribution is -2.68. The molecule has 1 spiro atoms. The fourth-order valence-electron chi connectivity index (χ4n) is 4.78. The molecule has 0 aromatic heterocycles. The number of methoxy groups -OCH3 is 1. The van der Waals surface area contributed by atoms with Crippen LogP contribution in [-0.2, 0) is 14.3 Å². The lowest BCUT2D eigenvalue weighted by molar-refractivity contribution is -0.168. The summed E-state index contributed by atoms with van der Waals surface area (Å²) in [7, 11) is 1.47. The van der Waals surface area contributed by atoms with Crippen LogP contribution in [0.4, 0.5) is 0 Å². The summed E-state index contributed by atoms with van der Waals surface area (Å²) in [5, 5.41) is 3.72. The number of carbonyl (C=O) groups excluding carboxylic acids is 1. The number of likely N-dealkylation sites (tertiary alicyclic amines) is 1. The Hall–Kier alpha value is -1.30. The second-order valence-corrected chi connectivity index (χ2v) is 7.77. The molecule has 4 unspecified atom stereocenters. The van der Waals surface area contributed by atoms with Crippen LogP contribution in [0.25, 0.3) is 0 Å². The van der Waals surface area contributed by atoms with E-state index in [2.05, 4.69) is 31.0 Å². The minimum Gasteiger partial charge on any atom is -0.469 e. The maximum absolute atomic E-state index is 12.0. The monoisotopic (exact) mass is 351 g/mol. The molecular weight excluding hydrogens is 318 g/mol. The maximum atomic E-state index is 12.0. The van der Waals surface area contributed by atoms with Crippen molar-refractivity contribution in [3.8, 4) is 0 Å². The van der Waals surface area contributed by atoms with Crippen molar-refractivity contribution in [1.29, 1.82) is 0 Å². The molecule has 2 aliphatic carbocycles. The van der Waals surface area contributed by atoms with Gasteiger partial charge in [-0.3, -0.25) is 9.79 Å². The van der Waals surface area contributed by atoms with Crippen LogP contribution in [0.15, 0.2) is 4.99 Å². The molecule has 1 saturated heterocycles. The van der Waals surface area contributed by atoms with E-state index in [9.17, 15) is 4.79 Å². The molecule has 4 atom stereocenters. The average Bonchev–Trinajstić information content (AvgIpc) is 2.92. The molecule has 0 aromatic carbocycles. The van der Waals surface area contributed by atoms with Crippen LogP contribution in [0.5, 0.6) is 0 Å². The van der Waals surface area contributed by atoms with Crippen molar-refractivity contribution in [1.82, 2.24) is 10.2 Å². The van der Waals surface area contributed by atoms with Crippen molar-refractivity contribution < 1.29 is 14.3 Å². The highest BCUT2D eigenvalue weighted by molar-refractivity contribution is 5.82. The molecule has 3 rings (SSSR count). The number of nitrogens with zero attached hydrogens (tertiary/aromatic N) is 2. The van der Waals surface area contributed by atoms with E-state index in [4.69, 9.17) is 14.5 Å². The zero-order valence-electron chi connectivity index (χ0n) is 16.1. The fourth-order valence-corrected chi connectivity index (χ4v) is 4.78. The molecule has 0 radical (unpaired) electrons. The molecule has 0 amide bonds. The Kier molecular flexibility index (Phi) is 5.56. The number of ether oxygens (including phenoxy) is 2. The number of carbonyl (C=O) groups is 1. The van der Waals surface area contributed by atoms with Gasteiger partial charge in [-0.25, -0.2) is 0 Å². The van der Waals surface area contributed by atoms with Gasteiger partial charge >= 0.3 is 5.97 Å². The van der Waals surface area contributed by atoms with Gasteiger partial charge in [-0.15, -0.1) is 0 Å². The predicted octanol–water partition coefficient (Wildman–Crippen LogP) is 2.04. The van der Waals surface area contributed by atoms with Gasteiger partial charge in [0.1, 0.15) is 0 Å². The van der Waals surface area contributed by atoms with Crippen molar-refractivity contribution in [3.63, 3.8) is 0 Å². The number of guanidine groups is 1. The second kappa shape index (κ2) is 7.52. The summed E-state index contributed by atoms with van der Waals surface area (Å²) in [4.78, 5) is 18.9. The summed E-state index contributed by atoms with van der Waals surface area (Å²) in [5.41, 5.74) is 0.303. The van der Waals surface area contributed by atoms with Gasteiger partial charge < -0.3 is 19.7 Å². The van der Waals surface area contributed by atoms with E-state index in [-0.39, 0.29) is 17.8 Å². The van der Waals surface area contributed by atoms with Crippen LogP contribution in [0.2, 0.25) is 0 Å². The first kappa shape index (κ1) is 18.5. The van der Waals surface area contributed by atoms with Gasteiger partial charge in [0.15, 0.2) is 5.96 Å². The summed E-state index contributed by atoms with van der Waals surface area (Å²) in [6.45, 7) is 9.32. The molecule has 1 heterocycles. The number of rotatable bonds is 5. The number of aliphatic imine (C=N–C) groups is 1. The Morgan fingerprint density at radius 3 is 2.64 bits per heavy atom. The van der Waals surface area contributed by atoms with Crippen molar-refractivity contribution in [3.05, 3.63) is 0 Å². The Bertz CT molecular complexity index is 518. The number of hydrogen-bond acceptors (Lipinski definition) is 4. The Morgan fingerprint density at radius 1 is 1.32 bits per heavy atom. The molecule has 2 saturated carbocycles. The van der Waals surface area contributed by atoms with Crippen molar-refractivity contribution in [2.75, 3.05) is 33.4 Å². The van der Waals surface area contributed by atoms with Crippen LogP contribution in [-0.4, -0.2) is 62.3 Å². The highest BCUT2D eigenvalue weighted by Crippen LogP contribution is 2.57. The summed E-state index contributed by atoms with van der Waals surface area (Å²) in [6, 6.07) is 0.440. The SMILES string of the molecule is CCN=C(NC1CC(OCC)C12CCC2)N1CC(C)C(C(=O)OC)C1. The summed E-state index contributed by atoms with van der Waals surface area (Å²) in [5.74, 6) is 1.06. The van der Waals surface area contributed by atoms with Crippen LogP contribution < -0.4 is 5.32 Å². The van der Waals surface area contributed by atoms with E-state index in [0.29, 0.717) is 24.1 Å². The highest BCUT2D eigenvalue weighted by Gasteiger charge is 2.59. The zero-order valence-corrected chi connectivity index (χ0v) is 16.1. The first-order chi connectivity index (χ1) is 12.1. The third kappa shape index (κ3) is 3.25. The predicted molar refractivity (Wildman–Crippen MR) is 97.5 cm³/mol. The lowest BCUT2D eigenvalue weighted by Gasteiger charge is -2.61. The molecule has 1 N–H and O–H groups in total. The van der Waals surface area contributed by atoms with E-state index in [1.54, 1.807) is 0 Å². The second-order valence-electron chi connectivity index (χ2n) is 7.77. The van der Waals surface area contributed by atoms with E-state index >= 15 is 0 Å². The minimum absolute atomic E-state index is 0.0657. The summed E-state index contributed by atoms with van der Waals surface area (Å²) < 4.78 is 10.9. The van der Waals surface area contributed by atoms with Gasteiger partial charge in [0, 0.05) is 37.7 Å². The van der Waals surface area contributed by atoms with Crippen LogP contribution in [0, 0.1) is 17.3 Å². The molecule has 0 bridgehead atoms. The Morgan fingerprint density at radius 2 is 2.08 bits per heavy atom. The third-order valence-electron chi connectivity index (χ3n) is 6.46. The molecule has 6 heteroatoms. The Labute approximate surface area is 151 Å². The van der Waals surface area contributed by atoms with Gasteiger partial charge in [-0.2, -0.15) is 0 Å². The van der Waals surface area contributed by atoms with Gasteiger partial charge in [-0.05, 0) is 39.0 Å². The van der Waals surface area contributed by atoms with E-state index in [0.717, 1.165) is 32.1 Å².